The van der Waals surface area contributed by atoms with Crippen molar-refractivity contribution in [2.75, 3.05) is 20.4 Å². The number of esters is 1. The van der Waals surface area contributed by atoms with Gasteiger partial charge < -0.3 is 4.74 Å². The summed E-state index contributed by atoms with van der Waals surface area (Å²) < 4.78 is 45.2. The molecule has 0 N–H and O–H groups in total. The van der Waals surface area contributed by atoms with Crippen molar-refractivity contribution in [3.05, 3.63) is 66.2 Å². The number of methoxy groups -OCH3 is 1. The zero-order valence-electron chi connectivity index (χ0n) is 17.5. The van der Waals surface area contributed by atoms with Crippen LogP contribution in [0.5, 0.6) is 0 Å². The molecule has 0 aliphatic rings. The molecule has 11 heteroatoms. The van der Waals surface area contributed by atoms with E-state index in [1.807, 2.05) is 0 Å². The van der Waals surface area contributed by atoms with E-state index in [2.05, 4.69) is 6.30 Å². The Balaban J connectivity index is 2.86. The molecule has 0 radical (unpaired) electrons. The minimum Gasteiger partial charge on any atom is -0.465 e. The maximum atomic E-state index is 13.1. The van der Waals surface area contributed by atoms with Crippen LogP contribution in [0.25, 0.3) is 11.8 Å². The van der Waals surface area contributed by atoms with E-state index in [-0.39, 0.29) is 21.6 Å². The zero-order chi connectivity index (χ0) is 23.9. The Kier molecular flexibility index (Phi) is 6.83. The average molecular weight is 477 g/mol. The molecule has 0 bridgehead atoms. The van der Waals surface area contributed by atoms with Crippen LogP contribution in [0.2, 0.25) is 5.02 Å². The molecule has 1 heterocycles. The number of hydrogen-bond donors (Lipinski definition) is 0. The highest BCUT2D eigenvalue weighted by atomic mass is 35.5. The van der Waals surface area contributed by atoms with Crippen LogP contribution in [-0.2, 0) is 22.8 Å². The summed E-state index contributed by atoms with van der Waals surface area (Å²) >= 11 is 6.30. The zero-order valence-corrected chi connectivity index (χ0v) is 19.2. The summed E-state index contributed by atoms with van der Waals surface area (Å²) in [6, 6.07) is 3.18. The van der Waals surface area contributed by atoms with Gasteiger partial charge in [-0.3, -0.25) is 9.36 Å². The number of nitrogens with zero attached hydrogens (tertiary/aromatic N) is 2. The van der Waals surface area contributed by atoms with Crippen molar-refractivity contribution >= 4 is 36.8 Å². The third kappa shape index (κ3) is 5.05. The molecular formula is C20H21ClF3N2O4P. The predicted octanol–water partition coefficient (Wildman–Crippen LogP) is 3.74. The monoisotopic (exact) mass is 476 g/mol. The first kappa shape index (κ1) is 24.8. The fraction of sp³-hybridized carbons (Fsp3) is 0.300. The van der Waals surface area contributed by atoms with Gasteiger partial charge in [0.25, 0.3) is 5.56 Å². The summed E-state index contributed by atoms with van der Waals surface area (Å²) in [5.74, 6) is -0.603. The maximum Gasteiger partial charge on any atom is 0.431 e. The van der Waals surface area contributed by atoms with E-state index in [0.29, 0.717) is 20.8 Å². The van der Waals surface area contributed by atoms with Crippen molar-refractivity contribution in [3.63, 3.8) is 0 Å². The van der Waals surface area contributed by atoms with Crippen LogP contribution < -0.4 is 11.2 Å². The third-order valence-corrected chi connectivity index (χ3v) is 6.45. The fourth-order valence-corrected chi connectivity index (χ4v) is 4.23. The van der Waals surface area contributed by atoms with Gasteiger partial charge >= 0.3 is 17.8 Å². The minimum atomic E-state index is -4.87. The molecule has 0 amide bonds. The summed E-state index contributed by atoms with van der Waals surface area (Å²) in [4.78, 5) is 37.3. The number of carbonyl (C=O) groups is 1. The summed E-state index contributed by atoms with van der Waals surface area (Å²) in [7, 11) is 2.15. The second kappa shape index (κ2) is 8.55. The molecule has 0 aliphatic carbocycles. The van der Waals surface area contributed by atoms with Crippen molar-refractivity contribution < 1.29 is 22.7 Å². The molecule has 2 aromatic rings. The molecule has 0 fully saturated rings. The Morgan fingerprint density at radius 1 is 1.23 bits per heavy atom. The Labute approximate surface area is 181 Å². The van der Waals surface area contributed by atoms with Crippen molar-refractivity contribution in [2.24, 2.45) is 7.05 Å². The third-order valence-electron chi connectivity index (χ3n) is 4.51. The molecule has 0 aliphatic heterocycles. The molecule has 0 saturated heterocycles. The van der Waals surface area contributed by atoms with Crippen LogP contribution in [0.3, 0.4) is 0 Å². The fourth-order valence-electron chi connectivity index (χ4n) is 2.88. The van der Waals surface area contributed by atoms with Crippen LogP contribution in [0.1, 0.15) is 16.8 Å². The minimum absolute atomic E-state index is 0.0411. The van der Waals surface area contributed by atoms with Gasteiger partial charge in [0, 0.05) is 18.1 Å². The van der Waals surface area contributed by atoms with Gasteiger partial charge in [0.05, 0.1) is 18.1 Å². The van der Waals surface area contributed by atoms with E-state index in [1.165, 1.54) is 25.3 Å². The Morgan fingerprint density at radius 2 is 1.81 bits per heavy atom. The number of aryl methyl sites for hydroxylation is 1. The molecule has 0 unspecified atom stereocenters. The lowest BCUT2D eigenvalue weighted by Crippen LogP contribution is -2.41. The topological polar surface area (TPSA) is 70.3 Å². The van der Waals surface area contributed by atoms with Gasteiger partial charge in [-0.2, -0.15) is 13.2 Å². The van der Waals surface area contributed by atoms with Gasteiger partial charge in [-0.05, 0) is 49.6 Å². The van der Waals surface area contributed by atoms with Crippen molar-refractivity contribution in [2.45, 2.75) is 13.1 Å². The van der Waals surface area contributed by atoms with Gasteiger partial charge in [0.15, 0.2) is 0 Å². The average Bonchev–Trinajstić information content (AvgIpc) is 2.62. The van der Waals surface area contributed by atoms with Gasteiger partial charge in [0.2, 0.25) is 0 Å². The molecule has 1 aromatic heterocycles. The van der Waals surface area contributed by atoms with E-state index in [1.54, 1.807) is 20.3 Å². The molecule has 168 valence electrons. The molecule has 31 heavy (non-hydrogen) atoms. The van der Waals surface area contributed by atoms with E-state index in [0.717, 1.165) is 7.05 Å². The van der Waals surface area contributed by atoms with Crippen LogP contribution in [0, 0.1) is 6.92 Å². The number of alkyl halides is 3. The molecule has 1 aromatic carbocycles. The van der Waals surface area contributed by atoms with E-state index < -0.39 is 36.0 Å². The van der Waals surface area contributed by atoms with Gasteiger partial charge in [0.1, 0.15) is 5.69 Å². The van der Waals surface area contributed by atoms with Crippen LogP contribution >= 0.6 is 18.5 Å². The first-order valence-electron chi connectivity index (χ1n) is 8.79. The standard InChI is InChI=1S/C20H21ClF3N2O4P/c1-11-7-13(21)12(9-15(18(28)30-3)31(4,5)6)8-14(11)26-17(27)10-16(20(22,23)24)25(2)19(26)29/h7-10H,4H2,1-3,5-6H3/b15-9+. The SMILES string of the molecule is C=P(C)(C)/C(=C/c1cc(-n2c(=O)cc(C(F)(F)F)n(C)c2=O)c(C)cc1Cl)C(=O)OC. The highest BCUT2D eigenvalue weighted by Gasteiger charge is 2.35. The van der Waals surface area contributed by atoms with Crippen LogP contribution in [-0.4, -0.2) is 41.8 Å². The quantitative estimate of drug-likeness (QED) is 0.383. The summed E-state index contributed by atoms with van der Waals surface area (Å²) in [6.07, 6.45) is 0.609. The Hall–Kier alpha value is -2.51. The number of rotatable bonds is 4. The second-order valence-electron chi connectivity index (χ2n) is 7.41. The van der Waals surface area contributed by atoms with Crippen molar-refractivity contribution in [1.82, 2.24) is 9.13 Å². The lowest BCUT2D eigenvalue weighted by molar-refractivity contribution is -0.144. The van der Waals surface area contributed by atoms with E-state index in [9.17, 15) is 27.6 Å². The highest BCUT2D eigenvalue weighted by Crippen LogP contribution is 2.47. The number of aromatic nitrogens is 2. The smallest absolute Gasteiger partial charge is 0.431 e. The molecule has 6 nitrogen and oxygen atoms in total. The maximum absolute atomic E-state index is 13.1. The summed E-state index contributed by atoms with van der Waals surface area (Å²) in [5.41, 5.74) is -2.97. The molecular weight excluding hydrogens is 456 g/mol. The Bertz CT molecular complexity index is 1250. The van der Waals surface area contributed by atoms with E-state index in [4.69, 9.17) is 16.3 Å². The van der Waals surface area contributed by atoms with Crippen molar-refractivity contribution in [1.29, 1.82) is 0 Å². The van der Waals surface area contributed by atoms with Crippen LogP contribution in [0.15, 0.2) is 33.1 Å². The normalized spacial score (nSPS) is 12.7. The Morgan fingerprint density at radius 3 is 2.29 bits per heavy atom. The van der Waals surface area contributed by atoms with Gasteiger partial charge in [-0.15, -0.1) is 0 Å². The number of ether oxygens (including phenoxy) is 1. The second-order valence-corrected chi connectivity index (χ2v) is 11.7. The number of halogens is 4. The summed E-state index contributed by atoms with van der Waals surface area (Å²) in [6.45, 7) is 3.01. The molecule has 0 saturated carbocycles. The number of benzene rings is 1. The van der Waals surface area contributed by atoms with Crippen molar-refractivity contribution in [3.8, 4) is 5.69 Å². The predicted molar refractivity (Wildman–Crippen MR) is 118 cm³/mol. The molecule has 0 spiro atoms. The lowest BCUT2D eigenvalue weighted by Gasteiger charge is -2.18. The van der Waals surface area contributed by atoms with Gasteiger partial charge in [-0.1, -0.05) is 24.8 Å². The largest absolute Gasteiger partial charge is 0.465 e. The van der Waals surface area contributed by atoms with E-state index >= 15 is 0 Å². The molecule has 0 atom stereocenters. The first-order valence-corrected chi connectivity index (χ1v) is 12.0. The molecule has 2 rings (SSSR count). The number of hydrogen-bond acceptors (Lipinski definition) is 4. The van der Waals surface area contributed by atoms with Gasteiger partial charge in [-0.25, -0.2) is 14.2 Å². The lowest BCUT2D eigenvalue weighted by atomic mass is 10.1. The summed E-state index contributed by atoms with van der Waals surface area (Å²) in [5, 5.41) is 0.493. The first-order chi connectivity index (χ1) is 14.1. The highest BCUT2D eigenvalue weighted by molar-refractivity contribution is 7.77. The number of carbonyl (C=O) groups excluding carboxylic acids is 1. The van der Waals surface area contributed by atoms with Crippen LogP contribution in [0.4, 0.5) is 13.2 Å².